The van der Waals surface area contributed by atoms with E-state index in [1.807, 2.05) is 37.3 Å². The molecule has 9 heteroatoms. The fourth-order valence-corrected chi connectivity index (χ4v) is 1.99. The van der Waals surface area contributed by atoms with Gasteiger partial charge in [-0.3, -0.25) is 9.79 Å². The van der Waals surface area contributed by atoms with Gasteiger partial charge in [0, 0.05) is 26.7 Å². The molecule has 0 saturated heterocycles. The molecule has 0 heterocycles. The summed E-state index contributed by atoms with van der Waals surface area (Å²) in [5.74, 6) is 0.0171. The standard InChI is InChI=1S/C16H23F3N4O.HI/c1-3-23(12-13-7-5-4-6-8-13)14(24)11-22-15(20-2)21-10-9-16(17,18)19;/h4-8H,3,9-12H2,1-2H3,(H2,20,21,22);1H. The highest BCUT2D eigenvalue weighted by molar-refractivity contribution is 14.0. The average molecular weight is 472 g/mol. The van der Waals surface area contributed by atoms with Crippen LogP contribution in [-0.2, 0) is 11.3 Å². The number of carbonyl (C=O) groups is 1. The molecule has 0 aromatic heterocycles. The molecule has 1 amide bonds. The fraction of sp³-hybridized carbons (Fsp3) is 0.500. The Labute approximate surface area is 163 Å². The number of nitrogens with one attached hydrogen (secondary N) is 2. The van der Waals surface area contributed by atoms with Crippen LogP contribution in [0.2, 0.25) is 0 Å². The second-order valence-electron chi connectivity index (χ2n) is 5.11. The maximum atomic E-state index is 12.2. The highest BCUT2D eigenvalue weighted by atomic mass is 127. The predicted molar refractivity (Wildman–Crippen MR) is 103 cm³/mol. The fourth-order valence-electron chi connectivity index (χ4n) is 1.99. The molecule has 0 spiro atoms. The van der Waals surface area contributed by atoms with Gasteiger partial charge in [-0.05, 0) is 12.5 Å². The van der Waals surface area contributed by atoms with Gasteiger partial charge < -0.3 is 15.5 Å². The molecular formula is C16H24F3IN4O. The topological polar surface area (TPSA) is 56.7 Å². The minimum absolute atomic E-state index is 0. The number of halogens is 4. The van der Waals surface area contributed by atoms with E-state index in [9.17, 15) is 18.0 Å². The third-order valence-electron chi connectivity index (χ3n) is 3.28. The van der Waals surface area contributed by atoms with Crippen LogP contribution in [0.25, 0.3) is 0 Å². The zero-order valence-electron chi connectivity index (χ0n) is 14.3. The summed E-state index contributed by atoms with van der Waals surface area (Å²) in [6.45, 7) is 2.57. The summed E-state index contributed by atoms with van der Waals surface area (Å²) in [5.41, 5.74) is 1.01. The van der Waals surface area contributed by atoms with Gasteiger partial charge in [-0.15, -0.1) is 24.0 Å². The molecule has 0 aliphatic rings. The van der Waals surface area contributed by atoms with Crippen molar-refractivity contribution in [1.29, 1.82) is 0 Å². The number of benzene rings is 1. The molecular weight excluding hydrogens is 448 g/mol. The molecule has 1 aromatic carbocycles. The molecule has 1 rings (SSSR count). The molecule has 0 bridgehead atoms. The summed E-state index contributed by atoms with van der Waals surface area (Å²) in [5, 5.41) is 5.27. The molecule has 0 unspecified atom stereocenters. The van der Waals surface area contributed by atoms with Crippen molar-refractivity contribution in [3.63, 3.8) is 0 Å². The van der Waals surface area contributed by atoms with Crippen LogP contribution in [0, 0.1) is 0 Å². The van der Waals surface area contributed by atoms with E-state index in [2.05, 4.69) is 15.6 Å². The number of carbonyl (C=O) groups excluding carboxylic acids is 1. The highest BCUT2D eigenvalue weighted by Gasteiger charge is 2.26. The lowest BCUT2D eigenvalue weighted by Gasteiger charge is -2.22. The Kier molecular flexibility index (Phi) is 11.2. The molecule has 0 aliphatic heterocycles. The number of guanidine groups is 1. The van der Waals surface area contributed by atoms with Gasteiger partial charge in [0.2, 0.25) is 5.91 Å². The van der Waals surface area contributed by atoms with E-state index in [1.165, 1.54) is 7.05 Å². The van der Waals surface area contributed by atoms with E-state index in [0.717, 1.165) is 5.56 Å². The SMILES string of the molecule is CCN(Cc1ccccc1)C(=O)CNC(=NC)NCCC(F)(F)F.I. The van der Waals surface area contributed by atoms with E-state index < -0.39 is 12.6 Å². The number of hydrogen-bond acceptors (Lipinski definition) is 2. The van der Waals surface area contributed by atoms with Crippen molar-refractivity contribution >= 4 is 35.8 Å². The summed E-state index contributed by atoms with van der Waals surface area (Å²) in [7, 11) is 1.44. The molecule has 0 atom stereocenters. The maximum absolute atomic E-state index is 12.2. The third-order valence-corrected chi connectivity index (χ3v) is 3.28. The van der Waals surface area contributed by atoms with Gasteiger partial charge in [0.25, 0.3) is 0 Å². The van der Waals surface area contributed by atoms with Crippen LogP contribution in [0.5, 0.6) is 0 Å². The molecule has 0 aliphatic carbocycles. The van der Waals surface area contributed by atoms with Gasteiger partial charge in [0.05, 0.1) is 13.0 Å². The summed E-state index contributed by atoms with van der Waals surface area (Å²) in [6.07, 6.45) is -5.19. The summed E-state index contributed by atoms with van der Waals surface area (Å²) in [6, 6.07) is 9.57. The zero-order valence-corrected chi connectivity index (χ0v) is 16.6. The van der Waals surface area contributed by atoms with Crippen LogP contribution >= 0.6 is 24.0 Å². The van der Waals surface area contributed by atoms with Gasteiger partial charge in [0.1, 0.15) is 0 Å². The lowest BCUT2D eigenvalue weighted by Crippen LogP contribution is -2.45. The molecule has 2 N–H and O–H groups in total. The first-order valence-electron chi connectivity index (χ1n) is 7.68. The molecule has 5 nitrogen and oxygen atoms in total. The largest absolute Gasteiger partial charge is 0.390 e. The molecule has 25 heavy (non-hydrogen) atoms. The Bertz CT molecular complexity index is 538. The number of rotatable bonds is 7. The van der Waals surface area contributed by atoms with Crippen LogP contribution in [0.15, 0.2) is 35.3 Å². The van der Waals surface area contributed by atoms with Crippen molar-refractivity contribution in [1.82, 2.24) is 15.5 Å². The Morgan fingerprint density at radius 1 is 1.20 bits per heavy atom. The smallest absolute Gasteiger partial charge is 0.356 e. The van der Waals surface area contributed by atoms with Crippen LogP contribution in [-0.4, -0.2) is 49.6 Å². The third kappa shape index (κ3) is 10.1. The van der Waals surface area contributed by atoms with Crippen LogP contribution < -0.4 is 10.6 Å². The molecule has 0 radical (unpaired) electrons. The summed E-state index contributed by atoms with van der Waals surface area (Å²) >= 11 is 0. The number of nitrogens with zero attached hydrogens (tertiary/aromatic N) is 2. The first kappa shape index (κ1) is 23.5. The highest BCUT2D eigenvalue weighted by Crippen LogP contribution is 2.17. The number of hydrogen-bond donors (Lipinski definition) is 2. The normalized spacial score (nSPS) is 11.5. The Morgan fingerprint density at radius 2 is 1.84 bits per heavy atom. The van der Waals surface area contributed by atoms with E-state index in [1.54, 1.807) is 4.90 Å². The zero-order chi connectivity index (χ0) is 18.0. The number of amides is 1. The summed E-state index contributed by atoms with van der Waals surface area (Å²) < 4.78 is 36.4. The number of aliphatic imine (C=N–C) groups is 1. The lowest BCUT2D eigenvalue weighted by atomic mass is 10.2. The number of alkyl halides is 3. The van der Waals surface area contributed by atoms with E-state index in [0.29, 0.717) is 13.1 Å². The second-order valence-corrected chi connectivity index (χ2v) is 5.11. The van der Waals surface area contributed by atoms with Gasteiger partial charge in [-0.25, -0.2) is 0 Å². The van der Waals surface area contributed by atoms with Crippen LogP contribution in [0.3, 0.4) is 0 Å². The molecule has 0 fully saturated rings. The van der Waals surface area contributed by atoms with Crippen molar-refractivity contribution in [3.8, 4) is 0 Å². The number of likely N-dealkylation sites (N-methyl/N-ethyl adjacent to an activating group) is 1. The Morgan fingerprint density at radius 3 is 2.36 bits per heavy atom. The predicted octanol–water partition coefficient (Wildman–Crippen LogP) is 2.77. The second kappa shape index (κ2) is 11.9. The van der Waals surface area contributed by atoms with Gasteiger partial charge >= 0.3 is 6.18 Å². The van der Waals surface area contributed by atoms with Crippen molar-refractivity contribution < 1.29 is 18.0 Å². The van der Waals surface area contributed by atoms with Crippen LogP contribution in [0.4, 0.5) is 13.2 Å². The summed E-state index contributed by atoms with van der Waals surface area (Å²) in [4.78, 5) is 17.7. The first-order valence-corrected chi connectivity index (χ1v) is 7.68. The lowest BCUT2D eigenvalue weighted by molar-refractivity contribution is -0.133. The van der Waals surface area contributed by atoms with Gasteiger partial charge in [0.15, 0.2) is 5.96 Å². The van der Waals surface area contributed by atoms with E-state index in [-0.39, 0.29) is 48.9 Å². The van der Waals surface area contributed by atoms with Gasteiger partial charge in [-0.2, -0.15) is 13.2 Å². The maximum Gasteiger partial charge on any atom is 0.390 e. The first-order chi connectivity index (χ1) is 11.4. The minimum Gasteiger partial charge on any atom is -0.356 e. The van der Waals surface area contributed by atoms with Crippen molar-refractivity contribution in [2.75, 3.05) is 26.7 Å². The van der Waals surface area contributed by atoms with Crippen LogP contribution in [0.1, 0.15) is 18.9 Å². The van der Waals surface area contributed by atoms with Gasteiger partial charge in [-0.1, -0.05) is 30.3 Å². The Balaban J connectivity index is 0.00000576. The molecule has 1 aromatic rings. The quantitative estimate of drug-likeness (QED) is 0.365. The van der Waals surface area contributed by atoms with E-state index in [4.69, 9.17) is 0 Å². The molecule has 142 valence electrons. The monoisotopic (exact) mass is 472 g/mol. The average Bonchev–Trinajstić information content (AvgIpc) is 2.55. The van der Waals surface area contributed by atoms with Crippen molar-refractivity contribution in [2.45, 2.75) is 26.1 Å². The van der Waals surface area contributed by atoms with E-state index >= 15 is 0 Å². The van der Waals surface area contributed by atoms with Crippen molar-refractivity contribution in [2.24, 2.45) is 4.99 Å². The minimum atomic E-state index is -4.23. The van der Waals surface area contributed by atoms with Crippen molar-refractivity contribution in [3.05, 3.63) is 35.9 Å². The molecule has 0 saturated carbocycles. The Hall–Kier alpha value is -1.52.